The molecule has 3 heterocycles. The summed E-state index contributed by atoms with van der Waals surface area (Å²) in [6.45, 7) is 6.33. The summed E-state index contributed by atoms with van der Waals surface area (Å²) in [6, 6.07) is 2.27. The molecule has 2 saturated heterocycles. The molecule has 0 spiro atoms. The smallest absolute Gasteiger partial charge is 0.274 e. The summed E-state index contributed by atoms with van der Waals surface area (Å²) in [5, 5.41) is 7.20. The first-order chi connectivity index (χ1) is 12.6. The van der Waals surface area contributed by atoms with Crippen LogP contribution in [0.4, 0.5) is 0 Å². The Kier molecular flexibility index (Phi) is 4.98. The lowest BCUT2D eigenvalue weighted by Gasteiger charge is -2.37. The Balaban J connectivity index is 1.26. The summed E-state index contributed by atoms with van der Waals surface area (Å²) in [6.07, 6.45) is 5.84. The molecule has 1 unspecified atom stereocenters. The zero-order valence-corrected chi connectivity index (χ0v) is 15.6. The highest BCUT2D eigenvalue weighted by molar-refractivity contribution is 5.92. The van der Waals surface area contributed by atoms with Gasteiger partial charge in [-0.25, -0.2) is 0 Å². The number of amides is 2. The number of piperidine rings is 1. The van der Waals surface area contributed by atoms with Crippen molar-refractivity contribution >= 4 is 11.8 Å². The molecule has 2 aliphatic heterocycles. The summed E-state index contributed by atoms with van der Waals surface area (Å²) in [5.41, 5.74) is 1.62. The Bertz CT molecular complexity index is 661. The molecule has 1 atom stereocenters. The standard InChI is InChI=1S/C19H29N5O2/c1-14-4-2-3-7-24(14)18(25)13-22-8-10-23(11-9-22)19(26)17-12-16(20-21-17)15-5-6-15/h12,14-15H,2-11,13H2,1H3,(H,20,21). The highest BCUT2D eigenvalue weighted by atomic mass is 16.2. The first-order valence-corrected chi connectivity index (χ1v) is 9.98. The van der Waals surface area contributed by atoms with Gasteiger partial charge in [-0.1, -0.05) is 0 Å². The number of likely N-dealkylation sites (tertiary alicyclic amines) is 1. The fourth-order valence-corrected chi connectivity index (χ4v) is 4.07. The maximum absolute atomic E-state index is 12.6. The van der Waals surface area contributed by atoms with E-state index < -0.39 is 0 Å². The van der Waals surface area contributed by atoms with Crippen LogP contribution >= 0.6 is 0 Å². The molecular formula is C19H29N5O2. The Morgan fingerprint density at radius 2 is 1.88 bits per heavy atom. The molecule has 4 rings (SSSR count). The average Bonchev–Trinajstić information content (AvgIpc) is 3.39. The van der Waals surface area contributed by atoms with Crippen LogP contribution in [0.15, 0.2) is 6.07 Å². The molecule has 3 fully saturated rings. The molecule has 7 heteroatoms. The molecule has 1 saturated carbocycles. The SMILES string of the molecule is CC1CCCCN1C(=O)CN1CCN(C(=O)c2cc(C3CC3)[nH]n2)CC1. The number of carbonyl (C=O) groups is 2. The Morgan fingerprint density at radius 1 is 1.12 bits per heavy atom. The number of rotatable bonds is 4. The molecule has 1 aliphatic carbocycles. The summed E-state index contributed by atoms with van der Waals surface area (Å²) in [7, 11) is 0. The molecule has 2 amide bonds. The first kappa shape index (κ1) is 17.5. The van der Waals surface area contributed by atoms with Gasteiger partial charge in [0.1, 0.15) is 5.69 Å². The second-order valence-electron chi connectivity index (χ2n) is 7.98. The number of nitrogens with zero attached hydrogens (tertiary/aromatic N) is 4. The van der Waals surface area contributed by atoms with Crippen molar-refractivity contribution in [3.63, 3.8) is 0 Å². The lowest BCUT2D eigenvalue weighted by atomic mass is 10.0. The summed E-state index contributed by atoms with van der Waals surface area (Å²) in [4.78, 5) is 31.3. The molecule has 26 heavy (non-hydrogen) atoms. The van der Waals surface area contributed by atoms with E-state index in [-0.39, 0.29) is 11.8 Å². The number of carbonyl (C=O) groups excluding carboxylic acids is 2. The van der Waals surface area contributed by atoms with Gasteiger partial charge in [-0.15, -0.1) is 0 Å². The topological polar surface area (TPSA) is 72.5 Å². The predicted molar refractivity (Wildman–Crippen MR) is 97.9 cm³/mol. The maximum atomic E-state index is 12.6. The van der Waals surface area contributed by atoms with Gasteiger partial charge in [0.2, 0.25) is 5.91 Å². The number of hydrogen-bond acceptors (Lipinski definition) is 4. The van der Waals surface area contributed by atoms with E-state index in [4.69, 9.17) is 0 Å². The van der Waals surface area contributed by atoms with Crippen molar-refractivity contribution in [1.29, 1.82) is 0 Å². The largest absolute Gasteiger partial charge is 0.339 e. The Labute approximate surface area is 154 Å². The van der Waals surface area contributed by atoms with Gasteiger partial charge in [0, 0.05) is 50.4 Å². The van der Waals surface area contributed by atoms with Crippen LogP contribution < -0.4 is 0 Å². The molecule has 142 valence electrons. The van der Waals surface area contributed by atoms with Gasteiger partial charge < -0.3 is 9.80 Å². The van der Waals surface area contributed by atoms with E-state index in [1.54, 1.807) is 0 Å². The van der Waals surface area contributed by atoms with Crippen LogP contribution in [-0.4, -0.2) is 82.0 Å². The Hall–Kier alpha value is -1.89. The van der Waals surface area contributed by atoms with Gasteiger partial charge in [-0.3, -0.25) is 19.6 Å². The second-order valence-corrected chi connectivity index (χ2v) is 7.98. The molecule has 1 aromatic rings. The molecule has 3 aliphatic rings. The van der Waals surface area contributed by atoms with Crippen LogP contribution in [0.3, 0.4) is 0 Å². The zero-order chi connectivity index (χ0) is 18.1. The van der Waals surface area contributed by atoms with Crippen molar-refractivity contribution in [3.8, 4) is 0 Å². The van der Waals surface area contributed by atoms with E-state index in [0.717, 1.165) is 38.2 Å². The lowest BCUT2D eigenvalue weighted by molar-refractivity contribution is -0.136. The third-order valence-corrected chi connectivity index (χ3v) is 5.98. The highest BCUT2D eigenvalue weighted by Crippen LogP contribution is 2.39. The van der Waals surface area contributed by atoms with Gasteiger partial charge in [-0.05, 0) is 45.1 Å². The monoisotopic (exact) mass is 359 g/mol. The predicted octanol–water partition coefficient (Wildman–Crippen LogP) is 1.45. The highest BCUT2D eigenvalue weighted by Gasteiger charge is 2.30. The summed E-state index contributed by atoms with van der Waals surface area (Å²) >= 11 is 0. The molecule has 0 radical (unpaired) electrons. The summed E-state index contributed by atoms with van der Waals surface area (Å²) < 4.78 is 0. The number of piperazine rings is 1. The van der Waals surface area contributed by atoms with Gasteiger partial charge in [-0.2, -0.15) is 5.10 Å². The molecule has 7 nitrogen and oxygen atoms in total. The summed E-state index contributed by atoms with van der Waals surface area (Å²) in [5.74, 6) is 0.811. The van der Waals surface area contributed by atoms with Gasteiger partial charge in [0.25, 0.3) is 5.91 Å². The van der Waals surface area contributed by atoms with Crippen molar-refractivity contribution in [1.82, 2.24) is 24.9 Å². The second kappa shape index (κ2) is 7.39. The number of H-pyrrole nitrogens is 1. The van der Waals surface area contributed by atoms with Crippen LogP contribution in [0.25, 0.3) is 0 Å². The lowest BCUT2D eigenvalue weighted by Crippen LogP contribution is -2.53. The fourth-order valence-electron chi connectivity index (χ4n) is 4.07. The van der Waals surface area contributed by atoms with E-state index in [9.17, 15) is 9.59 Å². The number of aromatic nitrogens is 2. The van der Waals surface area contributed by atoms with Crippen molar-refractivity contribution < 1.29 is 9.59 Å². The number of hydrogen-bond donors (Lipinski definition) is 1. The van der Waals surface area contributed by atoms with Crippen LogP contribution in [0.2, 0.25) is 0 Å². The molecule has 1 aromatic heterocycles. The minimum Gasteiger partial charge on any atom is -0.339 e. The molecule has 0 bridgehead atoms. The van der Waals surface area contributed by atoms with E-state index in [1.165, 1.54) is 19.3 Å². The van der Waals surface area contributed by atoms with Crippen LogP contribution in [0, 0.1) is 0 Å². The first-order valence-electron chi connectivity index (χ1n) is 9.98. The van der Waals surface area contributed by atoms with Gasteiger partial charge in [0.05, 0.1) is 6.54 Å². The number of nitrogens with one attached hydrogen (secondary N) is 1. The van der Waals surface area contributed by atoms with E-state index in [0.29, 0.717) is 37.3 Å². The average molecular weight is 359 g/mol. The molecule has 1 N–H and O–H groups in total. The van der Waals surface area contributed by atoms with Gasteiger partial charge in [0.15, 0.2) is 0 Å². The fraction of sp³-hybridized carbons (Fsp3) is 0.737. The minimum atomic E-state index is 0.00350. The number of aromatic amines is 1. The third kappa shape index (κ3) is 3.77. The van der Waals surface area contributed by atoms with Crippen LogP contribution in [-0.2, 0) is 4.79 Å². The van der Waals surface area contributed by atoms with E-state index in [1.807, 2.05) is 15.9 Å². The van der Waals surface area contributed by atoms with Crippen molar-refractivity contribution in [2.24, 2.45) is 0 Å². The quantitative estimate of drug-likeness (QED) is 0.883. The Morgan fingerprint density at radius 3 is 2.58 bits per heavy atom. The van der Waals surface area contributed by atoms with Crippen molar-refractivity contribution in [2.75, 3.05) is 39.3 Å². The van der Waals surface area contributed by atoms with Crippen LogP contribution in [0.5, 0.6) is 0 Å². The van der Waals surface area contributed by atoms with E-state index >= 15 is 0 Å². The maximum Gasteiger partial charge on any atom is 0.274 e. The molecular weight excluding hydrogens is 330 g/mol. The van der Waals surface area contributed by atoms with E-state index in [2.05, 4.69) is 22.0 Å². The molecule has 0 aromatic carbocycles. The van der Waals surface area contributed by atoms with Crippen molar-refractivity contribution in [2.45, 2.75) is 51.0 Å². The van der Waals surface area contributed by atoms with Gasteiger partial charge >= 0.3 is 0 Å². The third-order valence-electron chi connectivity index (χ3n) is 5.98. The minimum absolute atomic E-state index is 0.00350. The normalized spacial score (nSPS) is 24.7. The zero-order valence-electron chi connectivity index (χ0n) is 15.6. The van der Waals surface area contributed by atoms with Crippen molar-refractivity contribution in [3.05, 3.63) is 17.5 Å². The van der Waals surface area contributed by atoms with Crippen LogP contribution in [0.1, 0.15) is 61.1 Å².